The number of hydrogen-bond acceptors (Lipinski definition) is 5. The molecule has 0 unspecified atom stereocenters. The highest BCUT2D eigenvalue weighted by atomic mass is 19.3. The van der Waals surface area contributed by atoms with Crippen LogP contribution in [0.4, 0.5) is 29.3 Å². The first-order valence-corrected chi connectivity index (χ1v) is 11.3. The lowest BCUT2D eigenvalue weighted by molar-refractivity contribution is -0.0525. The number of carbonyl (C=O) groups excluding carboxylic acids is 1. The number of halogens is 3. The Hall–Kier alpha value is -3.01. The van der Waals surface area contributed by atoms with Crippen molar-refractivity contribution in [1.82, 2.24) is 9.88 Å². The summed E-state index contributed by atoms with van der Waals surface area (Å²) in [5, 5.41) is 2.70. The molecule has 2 amide bonds. The lowest BCUT2D eigenvalue weighted by Gasteiger charge is -2.39. The third-order valence-electron chi connectivity index (χ3n) is 5.85. The van der Waals surface area contributed by atoms with Crippen molar-refractivity contribution < 1.29 is 27.4 Å². The van der Waals surface area contributed by atoms with E-state index in [0.717, 1.165) is 11.3 Å². The number of urea groups is 1. The van der Waals surface area contributed by atoms with Crippen LogP contribution in [0.5, 0.6) is 11.8 Å². The maximum Gasteiger partial charge on any atom is 0.388 e. The summed E-state index contributed by atoms with van der Waals surface area (Å²) in [6, 6.07) is 9.86. The molecular weight excluding hydrogens is 449 g/mol. The van der Waals surface area contributed by atoms with Crippen LogP contribution in [0.1, 0.15) is 38.2 Å². The second-order valence-electron chi connectivity index (χ2n) is 8.36. The molecule has 0 atom stereocenters. The minimum atomic E-state index is -3.12. The number of alkyl halides is 3. The van der Waals surface area contributed by atoms with Crippen molar-refractivity contribution in [1.29, 1.82) is 0 Å². The van der Waals surface area contributed by atoms with E-state index in [-0.39, 0.29) is 23.5 Å². The van der Waals surface area contributed by atoms with Gasteiger partial charge < -0.3 is 19.7 Å². The van der Waals surface area contributed by atoms with Crippen molar-refractivity contribution in [2.24, 2.45) is 0 Å². The van der Waals surface area contributed by atoms with Gasteiger partial charge in [-0.25, -0.2) is 9.18 Å². The summed E-state index contributed by atoms with van der Waals surface area (Å²) in [5.41, 5.74) is 1.74. The number of rotatable bonds is 9. The molecule has 1 fully saturated rings. The van der Waals surface area contributed by atoms with Crippen LogP contribution in [0.15, 0.2) is 36.4 Å². The van der Waals surface area contributed by atoms with E-state index in [1.165, 1.54) is 19.2 Å². The fourth-order valence-electron chi connectivity index (χ4n) is 4.17. The molecule has 0 bridgehead atoms. The third kappa shape index (κ3) is 6.31. The number of nitrogens with zero attached hydrogens (tertiary/aromatic N) is 3. The molecule has 186 valence electrons. The quantitative estimate of drug-likeness (QED) is 0.529. The topological polar surface area (TPSA) is 66.9 Å². The molecule has 3 rings (SSSR count). The van der Waals surface area contributed by atoms with Crippen molar-refractivity contribution in [2.45, 2.75) is 45.3 Å². The van der Waals surface area contributed by atoms with Gasteiger partial charge in [-0.1, -0.05) is 32.0 Å². The summed E-state index contributed by atoms with van der Waals surface area (Å²) in [5.74, 6) is -0.202. The minimum Gasteiger partial charge on any atom is -0.481 e. The molecule has 0 aliphatic carbocycles. The Labute approximate surface area is 197 Å². The third-order valence-corrected chi connectivity index (χ3v) is 5.85. The predicted molar refractivity (Wildman–Crippen MR) is 125 cm³/mol. The van der Waals surface area contributed by atoms with Gasteiger partial charge in [-0.15, -0.1) is 0 Å². The molecule has 0 radical (unpaired) electrons. The number of anilines is 2. The zero-order valence-electron chi connectivity index (χ0n) is 19.6. The Kier molecular flexibility index (Phi) is 8.98. The fraction of sp³-hybridized carbons (Fsp3) is 0.500. The summed E-state index contributed by atoms with van der Waals surface area (Å²) in [6.45, 7) is 2.24. The van der Waals surface area contributed by atoms with E-state index in [1.807, 2.05) is 43.0 Å². The molecule has 1 aromatic heterocycles. The molecule has 7 nitrogen and oxygen atoms in total. The van der Waals surface area contributed by atoms with Gasteiger partial charge in [-0.3, -0.25) is 4.90 Å². The number of amides is 2. The maximum atomic E-state index is 13.6. The number of likely N-dealkylation sites (tertiary alicyclic amines) is 1. The molecular formula is C24H31F3N4O3. The molecule has 34 heavy (non-hydrogen) atoms. The van der Waals surface area contributed by atoms with Crippen LogP contribution in [0.3, 0.4) is 0 Å². The van der Waals surface area contributed by atoms with Crippen molar-refractivity contribution in [2.75, 3.05) is 43.6 Å². The van der Waals surface area contributed by atoms with E-state index in [9.17, 15) is 18.0 Å². The average molecular weight is 481 g/mol. The van der Waals surface area contributed by atoms with Crippen molar-refractivity contribution >= 4 is 17.4 Å². The number of methoxy groups -OCH3 is 1. The van der Waals surface area contributed by atoms with Gasteiger partial charge in [0.25, 0.3) is 0 Å². The maximum absolute atomic E-state index is 13.6. The van der Waals surface area contributed by atoms with Crippen LogP contribution in [-0.4, -0.2) is 62.0 Å². The number of aromatic nitrogens is 1. The average Bonchev–Trinajstić information content (AvgIpc) is 2.81. The molecule has 2 aromatic rings. The Morgan fingerprint density at radius 1 is 1.21 bits per heavy atom. The summed E-state index contributed by atoms with van der Waals surface area (Å²) >= 11 is 0. The number of para-hydroxylation sites is 1. The Bertz CT molecular complexity index is 953. The SMILES string of the molecule is COc1ccc(NC(=O)N(c2ccccc2C(C)C)C2CCN(CCF)CC2)c(OC(F)F)n1. The van der Waals surface area contributed by atoms with Gasteiger partial charge in [-0.2, -0.15) is 13.8 Å². The van der Waals surface area contributed by atoms with E-state index < -0.39 is 25.2 Å². The lowest BCUT2D eigenvalue weighted by atomic mass is 9.97. The van der Waals surface area contributed by atoms with Gasteiger partial charge in [0.05, 0.1) is 7.11 Å². The Morgan fingerprint density at radius 2 is 1.91 bits per heavy atom. The molecule has 1 aliphatic heterocycles. The predicted octanol–water partition coefficient (Wildman–Crippen LogP) is 5.29. The van der Waals surface area contributed by atoms with Crippen LogP contribution in [-0.2, 0) is 0 Å². The largest absolute Gasteiger partial charge is 0.481 e. The first kappa shape index (κ1) is 25.6. The van der Waals surface area contributed by atoms with Crippen LogP contribution >= 0.6 is 0 Å². The zero-order valence-corrected chi connectivity index (χ0v) is 19.6. The highest BCUT2D eigenvalue weighted by Crippen LogP contribution is 2.33. The highest BCUT2D eigenvalue weighted by Gasteiger charge is 2.31. The van der Waals surface area contributed by atoms with Crippen LogP contribution < -0.4 is 19.7 Å². The second-order valence-corrected chi connectivity index (χ2v) is 8.36. The lowest BCUT2D eigenvalue weighted by Crippen LogP contribution is -2.49. The summed E-state index contributed by atoms with van der Waals surface area (Å²) in [6.07, 6.45) is 1.31. The van der Waals surface area contributed by atoms with Crippen molar-refractivity contribution in [3.05, 3.63) is 42.0 Å². The van der Waals surface area contributed by atoms with Gasteiger partial charge in [0.2, 0.25) is 11.8 Å². The molecule has 0 spiro atoms. The molecule has 2 heterocycles. The van der Waals surface area contributed by atoms with Gasteiger partial charge in [0.1, 0.15) is 12.4 Å². The van der Waals surface area contributed by atoms with Crippen LogP contribution in [0.25, 0.3) is 0 Å². The fourth-order valence-corrected chi connectivity index (χ4v) is 4.17. The number of benzene rings is 1. The number of hydrogen-bond donors (Lipinski definition) is 1. The molecule has 1 saturated heterocycles. The second kappa shape index (κ2) is 11.9. The standard InChI is InChI=1S/C24H31F3N4O3/c1-16(2)18-6-4-5-7-20(18)31(17-10-13-30(14-11-17)15-12-25)24(32)28-19-8-9-21(33-3)29-22(19)34-23(26)27/h4-9,16-17,23H,10-15H2,1-3H3,(H,28,32). The van der Waals surface area contributed by atoms with Crippen molar-refractivity contribution in [3.8, 4) is 11.8 Å². The van der Waals surface area contributed by atoms with Gasteiger partial charge >= 0.3 is 12.6 Å². The molecule has 1 N–H and O–H groups in total. The number of pyridine rings is 1. The van der Waals surface area contributed by atoms with E-state index in [1.54, 1.807) is 4.90 Å². The van der Waals surface area contributed by atoms with E-state index in [0.29, 0.717) is 32.5 Å². The zero-order chi connectivity index (χ0) is 24.7. The van der Waals surface area contributed by atoms with E-state index in [2.05, 4.69) is 15.0 Å². The summed E-state index contributed by atoms with van der Waals surface area (Å²) in [7, 11) is 1.35. The van der Waals surface area contributed by atoms with Crippen LogP contribution in [0, 0.1) is 0 Å². The number of piperidine rings is 1. The molecule has 1 aliphatic rings. The smallest absolute Gasteiger partial charge is 0.388 e. The summed E-state index contributed by atoms with van der Waals surface area (Å²) in [4.78, 5) is 21.2. The summed E-state index contributed by atoms with van der Waals surface area (Å²) < 4.78 is 48.3. The van der Waals surface area contributed by atoms with Crippen LogP contribution in [0.2, 0.25) is 0 Å². The molecule has 1 aromatic carbocycles. The molecule has 0 saturated carbocycles. The monoisotopic (exact) mass is 480 g/mol. The van der Waals surface area contributed by atoms with E-state index >= 15 is 0 Å². The van der Waals surface area contributed by atoms with Gasteiger partial charge in [0.15, 0.2) is 0 Å². The minimum absolute atomic E-state index is 0.00740. The normalized spacial score (nSPS) is 14.9. The number of carbonyl (C=O) groups is 1. The first-order valence-electron chi connectivity index (χ1n) is 11.3. The highest BCUT2D eigenvalue weighted by molar-refractivity contribution is 6.03. The first-order chi connectivity index (χ1) is 16.3. The Morgan fingerprint density at radius 3 is 2.53 bits per heavy atom. The van der Waals surface area contributed by atoms with E-state index in [4.69, 9.17) is 4.74 Å². The number of nitrogens with one attached hydrogen (secondary N) is 1. The number of ether oxygens (including phenoxy) is 2. The molecule has 10 heteroatoms. The van der Waals surface area contributed by atoms with Gasteiger partial charge in [0, 0.05) is 37.4 Å². The Balaban J connectivity index is 1.94. The van der Waals surface area contributed by atoms with Gasteiger partial charge in [-0.05, 0) is 36.5 Å². The van der Waals surface area contributed by atoms with Crippen molar-refractivity contribution in [3.63, 3.8) is 0 Å².